The van der Waals surface area contributed by atoms with Gasteiger partial charge in [-0.05, 0) is 43.9 Å². The normalized spacial score (nSPS) is 45.6. The van der Waals surface area contributed by atoms with Crippen molar-refractivity contribution in [3.8, 4) is 0 Å². The molecule has 3 N–H and O–H groups in total. The van der Waals surface area contributed by atoms with Gasteiger partial charge in [0.25, 0.3) is 0 Å². The molecule has 2 aliphatic carbocycles. The molecule has 0 aliphatic heterocycles. The van der Waals surface area contributed by atoms with Gasteiger partial charge in [0.15, 0.2) is 0 Å². The second kappa shape index (κ2) is 5.50. The lowest BCUT2D eigenvalue weighted by molar-refractivity contribution is 0.217. The predicted octanol–water partition coefficient (Wildman–Crippen LogP) is 2.67. The lowest BCUT2D eigenvalue weighted by Crippen LogP contribution is -2.47. The number of hydrogen-bond acceptors (Lipinski definition) is 2. The first-order valence-electron chi connectivity index (χ1n) is 7.16. The van der Waals surface area contributed by atoms with E-state index >= 15 is 0 Å². The third-order valence-electron chi connectivity index (χ3n) is 4.64. The third-order valence-corrected chi connectivity index (χ3v) is 4.64. The van der Waals surface area contributed by atoms with Crippen LogP contribution in [-0.4, -0.2) is 18.1 Å². The molecule has 0 saturated heterocycles. The number of nitrogens with two attached hydrogens (primary N) is 1. The molecule has 5 unspecified atom stereocenters. The van der Waals surface area contributed by atoms with Gasteiger partial charge < -0.3 is 11.1 Å². The molecule has 5 atom stereocenters. The van der Waals surface area contributed by atoms with E-state index in [4.69, 9.17) is 5.73 Å². The molecule has 94 valence electrons. The molecule has 0 amide bonds. The maximum absolute atomic E-state index is 6.07. The second-order valence-corrected chi connectivity index (χ2v) is 6.29. The smallest absolute Gasteiger partial charge is 0.00733 e. The molecule has 16 heavy (non-hydrogen) atoms. The summed E-state index contributed by atoms with van der Waals surface area (Å²) in [5.41, 5.74) is 6.07. The van der Waals surface area contributed by atoms with E-state index < -0.39 is 0 Å². The predicted molar refractivity (Wildman–Crippen MR) is 69.3 cm³/mol. The summed E-state index contributed by atoms with van der Waals surface area (Å²) in [5, 5.41) is 3.88. The van der Waals surface area contributed by atoms with Crippen molar-refractivity contribution in [2.24, 2.45) is 17.6 Å². The minimum atomic E-state index is 0.448. The molecular formula is C14H28N2. The number of nitrogens with one attached hydrogen (secondary N) is 1. The zero-order valence-corrected chi connectivity index (χ0v) is 10.9. The van der Waals surface area contributed by atoms with Crippen LogP contribution in [0.1, 0.15) is 58.8 Å². The van der Waals surface area contributed by atoms with Gasteiger partial charge in [0, 0.05) is 18.1 Å². The Labute approximate surface area is 100 Å². The summed E-state index contributed by atoms with van der Waals surface area (Å²) >= 11 is 0. The fourth-order valence-corrected chi connectivity index (χ4v) is 3.49. The summed E-state index contributed by atoms with van der Waals surface area (Å²) in [6.07, 6.45) is 9.41. The molecule has 2 nitrogen and oxygen atoms in total. The van der Waals surface area contributed by atoms with Crippen molar-refractivity contribution < 1.29 is 0 Å². The summed E-state index contributed by atoms with van der Waals surface area (Å²) in [6.45, 7) is 4.70. The molecule has 0 aromatic carbocycles. The van der Waals surface area contributed by atoms with E-state index in [1.54, 1.807) is 0 Å². The summed E-state index contributed by atoms with van der Waals surface area (Å²) in [7, 11) is 0. The van der Waals surface area contributed by atoms with Crippen molar-refractivity contribution >= 4 is 0 Å². The molecular weight excluding hydrogens is 196 g/mol. The van der Waals surface area contributed by atoms with Crippen LogP contribution in [0.2, 0.25) is 0 Å². The first-order valence-corrected chi connectivity index (χ1v) is 7.16. The van der Waals surface area contributed by atoms with Crippen LogP contribution < -0.4 is 11.1 Å². The van der Waals surface area contributed by atoms with Crippen molar-refractivity contribution in [3.05, 3.63) is 0 Å². The van der Waals surface area contributed by atoms with Crippen molar-refractivity contribution in [1.29, 1.82) is 0 Å². The van der Waals surface area contributed by atoms with Crippen LogP contribution in [-0.2, 0) is 0 Å². The van der Waals surface area contributed by atoms with Gasteiger partial charge in [-0.1, -0.05) is 26.7 Å². The monoisotopic (exact) mass is 224 g/mol. The van der Waals surface area contributed by atoms with Gasteiger partial charge in [-0.15, -0.1) is 0 Å². The van der Waals surface area contributed by atoms with Crippen LogP contribution in [0.4, 0.5) is 0 Å². The van der Waals surface area contributed by atoms with E-state index in [0.717, 1.165) is 18.0 Å². The summed E-state index contributed by atoms with van der Waals surface area (Å²) in [6, 6.07) is 1.98. The molecule has 2 rings (SSSR count). The largest absolute Gasteiger partial charge is 0.327 e. The van der Waals surface area contributed by atoms with Crippen LogP contribution in [0.15, 0.2) is 0 Å². The van der Waals surface area contributed by atoms with Gasteiger partial charge in [-0.2, -0.15) is 0 Å². The third kappa shape index (κ3) is 3.21. The fraction of sp³-hybridized carbons (Fsp3) is 1.00. The maximum atomic E-state index is 6.07. The molecule has 0 aromatic heterocycles. The zero-order valence-electron chi connectivity index (χ0n) is 10.9. The van der Waals surface area contributed by atoms with E-state index in [1.807, 2.05) is 0 Å². The lowest BCUT2D eigenvalue weighted by atomic mass is 9.81. The van der Waals surface area contributed by atoms with Crippen molar-refractivity contribution in [2.45, 2.75) is 76.9 Å². The van der Waals surface area contributed by atoms with E-state index in [1.165, 1.54) is 44.9 Å². The van der Waals surface area contributed by atoms with Crippen LogP contribution in [0, 0.1) is 11.8 Å². The summed E-state index contributed by atoms with van der Waals surface area (Å²) in [5.74, 6) is 1.63. The molecule has 2 saturated carbocycles. The highest BCUT2D eigenvalue weighted by Crippen LogP contribution is 2.27. The molecule has 0 heterocycles. The zero-order chi connectivity index (χ0) is 11.5. The highest BCUT2D eigenvalue weighted by Gasteiger charge is 2.27. The van der Waals surface area contributed by atoms with E-state index in [2.05, 4.69) is 19.2 Å². The van der Waals surface area contributed by atoms with E-state index in [9.17, 15) is 0 Å². The van der Waals surface area contributed by atoms with Gasteiger partial charge >= 0.3 is 0 Å². The molecule has 2 heteroatoms. The Morgan fingerprint density at radius 3 is 2.38 bits per heavy atom. The maximum Gasteiger partial charge on any atom is 0.00733 e. The Bertz CT molecular complexity index is 217. The average Bonchev–Trinajstić information content (AvgIpc) is 2.24. The number of rotatable bonds is 2. The highest BCUT2D eigenvalue weighted by molar-refractivity contribution is 4.87. The number of hydrogen-bond donors (Lipinski definition) is 2. The van der Waals surface area contributed by atoms with Crippen LogP contribution in [0.5, 0.6) is 0 Å². The van der Waals surface area contributed by atoms with Crippen molar-refractivity contribution in [1.82, 2.24) is 5.32 Å². The molecule has 0 radical (unpaired) electrons. The van der Waals surface area contributed by atoms with Gasteiger partial charge in [0.1, 0.15) is 0 Å². The highest BCUT2D eigenvalue weighted by atomic mass is 15.0. The quantitative estimate of drug-likeness (QED) is 0.757. The molecule has 2 aliphatic rings. The van der Waals surface area contributed by atoms with E-state index in [-0.39, 0.29) is 0 Å². The van der Waals surface area contributed by atoms with Crippen LogP contribution in [0.3, 0.4) is 0 Å². The second-order valence-electron chi connectivity index (χ2n) is 6.29. The lowest BCUT2D eigenvalue weighted by Gasteiger charge is -2.37. The molecule has 2 fully saturated rings. The van der Waals surface area contributed by atoms with Crippen LogP contribution >= 0.6 is 0 Å². The Morgan fingerprint density at radius 1 is 0.938 bits per heavy atom. The summed E-state index contributed by atoms with van der Waals surface area (Å²) < 4.78 is 0. The SMILES string of the molecule is CC1CCCC(NC2CCC(N)C(C)C2)C1. The minimum absolute atomic E-state index is 0.448. The summed E-state index contributed by atoms with van der Waals surface area (Å²) in [4.78, 5) is 0. The average molecular weight is 224 g/mol. The van der Waals surface area contributed by atoms with Gasteiger partial charge in [-0.3, -0.25) is 0 Å². The first-order chi connectivity index (χ1) is 7.65. The first kappa shape index (κ1) is 12.4. The molecule has 0 aromatic rings. The van der Waals surface area contributed by atoms with E-state index in [0.29, 0.717) is 12.0 Å². The Balaban J connectivity index is 1.76. The Hall–Kier alpha value is -0.0800. The fourth-order valence-electron chi connectivity index (χ4n) is 3.49. The molecule has 0 bridgehead atoms. The minimum Gasteiger partial charge on any atom is -0.327 e. The van der Waals surface area contributed by atoms with Gasteiger partial charge in [0.2, 0.25) is 0 Å². The Morgan fingerprint density at radius 2 is 1.69 bits per heavy atom. The van der Waals surface area contributed by atoms with Gasteiger partial charge in [0.05, 0.1) is 0 Å². The standard InChI is InChI=1S/C14H28N2/c1-10-4-3-5-12(8-10)16-13-6-7-14(15)11(2)9-13/h10-14,16H,3-9,15H2,1-2H3. The van der Waals surface area contributed by atoms with Crippen molar-refractivity contribution in [3.63, 3.8) is 0 Å². The topological polar surface area (TPSA) is 38.0 Å². The van der Waals surface area contributed by atoms with Crippen LogP contribution in [0.25, 0.3) is 0 Å². The van der Waals surface area contributed by atoms with Crippen molar-refractivity contribution in [2.75, 3.05) is 0 Å². The molecule has 0 spiro atoms. The Kier molecular flexibility index (Phi) is 4.26. The van der Waals surface area contributed by atoms with Gasteiger partial charge in [-0.25, -0.2) is 0 Å².